The van der Waals surface area contributed by atoms with Crippen molar-refractivity contribution < 1.29 is 4.74 Å². The van der Waals surface area contributed by atoms with Gasteiger partial charge in [0.1, 0.15) is 28.9 Å². The van der Waals surface area contributed by atoms with E-state index in [1.54, 1.807) is 24.5 Å². The molecule has 0 atom stereocenters. The molecule has 9 nitrogen and oxygen atoms in total. The number of H-pyrrole nitrogens is 1. The van der Waals surface area contributed by atoms with Crippen LogP contribution in [0, 0.1) is 11.3 Å². The van der Waals surface area contributed by atoms with Crippen molar-refractivity contribution in [2.24, 2.45) is 0 Å². The Hall–Kier alpha value is -4.16. The molecule has 9 heteroatoms. The average molecular weight is 427 g/mol. The number of pyridine rings is 1. The number of nitrogens with one attached hydrogen (secondary N) is 2. The van der Waals surface area contributed by atoms with Crippen LogP contribution in [0.5, 0.6) is 11.5 Å². The number of benzene rings is 1. The van der Waals surface area contributed by atoms with Gasteiger partial charge >= 0.3 is 0 Å². The molecule has 4 heterocycles. The lowest BCUT2D eigenvalue weighted by Crippen LogP contribution is -2.34. The number of hydrogen-bond acceptors (Lipinski definition) is 7. The highest BCUT2D eigenvalue weighted by atomic mass is 16.5. The Morgan fingerprint density at radius 2 is 1.94 bits per heavy atom. The van der Waals surface area contributed by atoms with E-state index in [9.17, 15) is 10.1 Å². The van der Waals surface area contributed by atoms with Gasteiger partial charge in [0.05, 0.1) is 11.3 Å². The molecule has 5 rings (SSSR count). The number of ether oxygens (including phenoxy) is 1. The highest BCUT2D eigenvalue weighted by Crippen LogP contribution is 2.23. The van der Waals surface area contributed by atoms with Gasteiger partial charge in [0.15, 0.2) is 5.65 Å². The summed E-state index contributed by atoms with van der Waals surface area (Å²) in [6, 6.07) is 13.4. The van der Waals surface area contributed by atoms with E-state index in [1.165, 1.54) is 4.52 Å². The number of nitriles is 1. The highest BCUT2D eigenvalue weighted by Gasteiger charge is 2.23. The summed E-state index contributed by atoms with van der Waals surface area (Å²) in [6.07, 6.45) is 4.05. The van der Waals surface area contributed by atoms with Crippen LogP contribution in [0.15, 0.2) is 53.6 Å². The van der Waals surface area contributed by atoms with E-state index in [2.05, 4.69) is 31.4 Å². The molecule has 0 spiro atoms. The van der Waals surface area contributed by atoms with E-state index in [-0.39, 0.29) is 5.56 Å². The summed E-state index contributed by atoms with van der Waals surface area (Å²) in [6.45, 7) is 1.86. The van der Waals surface area contributed by atoms with Gasteiger partial charge in [-0.3, -0.25) is 14.9 Å². The van der Waals surface area contributed by atoms with Crippen molar-refractivity contribution in [3.8, 4) is 17.6 Å². The number of likely N-dealkylation sites (N-methyl/N-ethyl adjacent to an activating group) is 1. The van der Waals surface area contributed by atoms with Crippen molar-refractivity contribution in [2.45, 2.75) is 19.5 Å². The first kappa shape index (κ1) is 19.8. The summed E-state index contributed by atoms with van der Waals surface area (Å²) >= 11 is 0. The quantitative estimate of drug-likeness (QED) is 0.504. The highest BCUT2D eigenvalue weighted by molar-refractivity contribution is 5.68. The van der Waals surface area contributed by atoms with Crippen LogP contribution in [0.25, 0.3) is 5.65 Å². The Balaban J connectivity index is 1.37. The van der Waals surface area contributed by atoms with Crippen LogP contribution in [0.1, 0.15) is 22.4 Å². The van der Waals surface area contributed by atoms with Crippen molar-refractivity contribution in [2.75, 3.05) is 18.9 Å². The minimum atomic E-state index is -0.154. The zero-order chi connectivity index (χ0) is 22.1. The van der Waals surface area contributed by atoms with Gasteiger partial charge in [0, 0.05) is 38.4 Å². The standard InChI is InChI=1S/C23H21N7O2/c1-29-11-8-20-19(14-29)23(31)30-22(27-20)18(12-24)21(28-30)26-13-15-2-4-16(5-3-15)32-17-6-9-25-10-7-17/h2-7,9-10,26,28H,8,11,13-14H2,1H3. The van der Waals surface area contributed by atoms with Crippen LogP contribution >= 0.6 is 0 Å². The molecule has 3 aromatic heterocycles. The SMILES string of the molecule is CN1CCc2nc3c(C#N)c(NCc4ccc(Oc5ccncc5)cc4)[nH]n3c(=O)c2C1. The Morgan fingerprint density at radius 1 is 1.19 bits per heavy atom. The number of aromatic amines is 1. The van der Waals surface area contributed by atoms with Crippen molar-refractivity contribution in [3.63, 3.8) is 0 Å². The number of aromatic nitrogens is 4. The van der Waals surface area contributed by atoms with Gasteiger partial charge in [-0.15, -0.1) is 0 Å². The molecule has 0 saturated carbocycles. The lowest BCUT2D eigenvalue weighted by atomic mass is 10.1. The monoisotopic (exact) mass is 427 g/mol. The van der Waals surface area contributed by atoms with Crippen molar-refractivity contribution in [1.82, 2.24) is 24.5 Å². The maximum Gasteiger partial charge on any atom is 0.277 e. The molecule has 160 valence electrons. The van der Waals surface area contributed by atoms with Gasteiger partial charge in [0.25, 0.3) is 5.56 Å². The van der Waals surface area contributed by atoms with Crippen molar-refractivity contribution >= 4 is 11.5 Å². The fourth-order valence-electron chi connectivity index (χ4n) is 3.80. The van der Waals surface area contributed by atoms with Gasteiger partial charge in [-0.05, 0) is 36.9 Å². The zero-order valence-corrected chi connectivity index (χ0v) is 17.5. The minimum Gasteiger partial charge on any atom is -0.457 e. The average Bonchev–Trinajstić information content (AvgIpc) is 3.17. The first-order valence-electron chi connectivity index (χ1n) is 10.3. The van der Waals surface area contributed by atoms with Crippen LogP contribution < -0.4 is 15.6 Å². The summed E-state index contributed by atoms with van der Waals surface area (Å²) < 4.78 is 7.15. The maximum absolute atomic E-state index is 13.0. The normalized spacial score (nSPS) is 13.5. The topological polar surface area (TPSA) is 111 Å². The molecule has 0 aliphatic carbocycles. The molecule has 1 aliphatic rings. The molecule has 1 aromatic carbocycles. The fourth-order valence-corrected chi connectivity index (χ4v) is 3.80. The number of nitrogens with zero attached hydrogens (tertiary/aromatic N) is 5. The van der Waals surface area contributed by atoms with E-state index in [1.807, 2.05) is 31.3 Å². The lowest BCUT2D eigenvalue weighted by Gasteiger charge is -2.23. The van der Waals surface area contributed by atoms with Crippen LogP contribution in [0.2, 0.25) is 0 Å². The van der Waals surface area contributed by atoms with E-state index in [4.69, 9.17) is 4.74 Å². The number of fused-ring (bicyclic) bond motifs is 2. The van der Waals surface area contributed by atoms with Gasteiger partial charge < -0.3 is 15.0 Å². The smallest absolute Gasteiger partial charge is 0.277 e. The molecule has 0 amide bonds. The Morgan fingerprint density at radius 3 is 2.69 bits per heavy atom. The minimum absolute atomic E-state index is 0.154. The summed E-state index contributed by atoms with van der Waals surface area (Å²) in [5, 5.41) is 16.0. The van der Waals surface area contributed by atoms with E-state index in [0.29, 0.717) is 42.1 Å². The number of anilines is 1. The Bertz CT molecular complexity index is 1370. The second kappa shape index (κ2) is 8.17. The summed E-state index contributed by atoms with van der Waals surface area (Å²) in [5.41, 5.74) is 3.00. The van der Waals surface area contributed by atoms with Gasteiger partial charge in [-0.2, -0.15) is 9.78 Å². The number of rotatable bonds is 5. The van der Waals surface area contributed by atoms with Crippen LogP contribution in [0.3, 0.4) is 0 Å². The third-order valence-electron chi connectivity index (χ3n) is 5.51. The summed E-state index contributed by atoms with van der Waals surface area (Å²) in [5.74, 6) is 1.91. The number of hydrogen-bond donors (Lipinski definition) is 2. The lowest BCUT2D eigenvalue weighted by molar-refractivity contribution is 0.307. The molecule has 0 fully saturated rings. The van der Waals surface area contributed by atoms with Crippen LogP contribution in [-0.4, -0.2) is 38.1 Å². The molecule has 0 saturated heterocycles. The molecule has 2 N–H and O–H groups in total. The van der Waals surface area contributed by atoms with Gasteiger partial charge in [-0.1, -0.05) is 12.1 Å². The van der Waals surface area contributed by atoms with E-state index in [0.717, 1.165) is 29.3 Å². The van der Waals surface area contributed by atoms with Crippen LogP contribution in [0.4, 0.5) is 5.82 Å². The predicted molar refractivity (Wildman–Crippen MR) is 119 cm³/mol. The zero-order valence-electron chi connectivity index (χ0n) is 17.5. The maximum atomic E-state index is 13.0. The second-order valence-electron chi connectivity index (χ2n) is 7.75. The first-order chi connectivity index (χ1) is 15.6. The van der Waals surface area contributed by atoms with Crippen molar-refractivity contribution in [3.05, 3.63) is 81.5 Å². The first-order valence-corrected chi connectivity index (χ1v) is 10.3. The third kappa shape index (κ3) is 3.68. The van der Waals surface area contributed by atoms with E-state index < -0.39 is 0 Å². The van der Waals surface area contributed by atoms with Gasteiger partial charge in [0.2, 0.25) is 0 Å². The van der Waals surface area contributed by atoms with Crippen LogP contribution in [-0.2, 0) is 19.5 Å². The molecule has 0 unspecified atom stereocenters. The van der Waals surface area contributed by atoms with Crippen molar-refractivity contribution in [1.29, 1.82) is 5.26 Å². The molecule has 0 radical (unpaired) electrons. The fraction of sp³-hybridized carbons (Fsp3) is 0.217. The summed E-state index contributed by atoms with van der Waals surface area (Å²) in [7, 11) is 1.98. The predicted octanol–water partition coefficient (Wildman–Crippen LogP) is 2.68. The molecular formula is C23H21N7O2. The Labute approximate surface area is 183 Å². The molecule has 32 heavy (non-hydrogen) atoms. The van der Waals surface area contributed by atoms with E-state index >= 15 is 0 Å². The Kier molecular flexibility index (Phi) is 5.05. The second-order valence-corrected chi connectivity index (χ2v) is 7.75. The molecule has 0 bridgehead atoms. The summed E-state index contributed by atoms with van der Waals surface area (Å²) in [4.78, 5) is 23.7. The molecular weight excluding hydrogens is 406 g/mol. The van der Waals surface area contributed by atoms with Gasteiger partial charge in [-0.25, -0.2) is 4.98 Å². The largest absolute Gasteiger partial charge is 0.457 e. The third-order valence-corrected chi connectivity index (χ3v) is 5.51. The molecule has 1 aliphatic heterocycles. The molecule has 4 aromatic rings.